The number of carbonyl (C=O) groups is 2. The fraction of sp³-hybridized carbons (Fsp3) is 0.522. The largest absolute Gasteiger partial charge is 0.416 e. The number of primary amides is 1. The van der Waals surface area contributed by atoms with Crippen molar-refractivity contribution >= 4 is 17.6 Å². The molecule has 4 heterocycles. The lowest BCUT2D eigenvalue weighted by atomic mass is 10.0. The first kappa shape index (κ1) is 23.6. The van der Waals surface area contributed by atoms with E-state index >= 15 is 0 Å². The maximum atomic E-state index is 13.9. The first-order chi connectivity index (χ1) is 16.7. The molecular weight excluding hydrogens is 465 g/mol. The molecule has 0 radical (unpaired) electrons. The quantitative estimate of drug-likeness (QED) is 0.700. The number of hydrogen-bond donors (Lipinski definition) is 1. The van der Waals surface area contributed by atoms with Gasteiger partial charge in [0, 0.05) is 57.7 Å². The van der Waals surface area contributed by atoms with E-state index in [-0.39, 0.29) is 35.7 Å². The van der Waals surface area contributed by atoms with Crippen molar-refractivity contribution in [3.05, 3.63) is 47.3 Å². The number of morpholine rings is 1. The van der Waals surface area contributed by atoms with Crippen LogP contribution in [0.15, 0.2) is 30.5 Å². The number of halogens is 3. The Hall–Kier alpha value is -3.12. The summed E-state index contributed by atoms with van der Waals surface area (Å²) >= 11 is 0. The number of ether oxygens (including phenoxy) is 1. The Morgan fingerprint density at radius 2 is 1.74 bits per heavy atom. The summed E-state index contributed by atoms with van der Waals surface area (Å²) in [5, 5.41) is 3.92. The van der Waals surface area contributed by atoms with Gasteiger partial charge < -0.3 is 20.3 Å². The van der Waals surface area contributed by atoms with Gasteiger partial charge in [-0.1, -0.05) is 6.07 Å². The molecule has 2 amide bonds. The van der Waals surface area contributed by atoms with Gasteiger partial charge >= 0.3 is 12.2 Å². The number of nitrogens with two attached hydrogens (primary N) is 1. The number of nitrogens with zero attached hydrogens (tertiary/aromatic N) is 5. The van der Waals surface area contributed by atoms with Gasteiger partial charge in [-0.15, -0.1) is 0 Å². The van der Waals surface area contributed by atoms with Gasteiger partial charge in [0.2, 0.25) is 0 Å². The summed E-state index contributed by atoms with van der Waals surface area (Å²) in [6.45, 7) is 4.58. The molecule has 2 atom stereocenters. The Labute approximate surface area is 200 Å². The van der Waals surface area contributed by atoms with Crippen LogP contribution in [-0.4, -0.2) is 84.0 Å². The molecule has 0 saturated carbocycles. The van der Waals surface area contributed by atoms with Crippen LogP contribution >= 0.6 is 0 Å². The molecule has 9 nitrogen and oxygen atoms in total. The van der Waals surface area contributed by atoms with Crippen LogP contribution in [0.4, 0.5) is 23.7 Å². The van der Waals surface area contributed by atoms with Gasteiger partial charge in [-0.25, -0.2) is 4.79 Å². The van der Waals surface area contributed by atoms with Crippen LogP contribution in [0.1, 0.15) is 21.6 Å². The van der Waals surface area contributed by atoms with Crippen molar-refractivity contribution in [1.82, 2.24) is 19.6 Å². The third kappa shape index (κ3) is 4.85. The maximum absolute atomic E-state index is 13.9. The number of rotatable bonds is 4. The van der Waals surface area contributed by atoms with Crippen LogP contribution in [0.3, 0.4) is 0 Å². The number of benzene rings is 1. The Morgan fingerprint density at radius 3 is 2.34 bits per heavy atom. The number of carbonyl (C=O) groups excluding carboxylic acids is 2. The lowest BCUT2D eigenvalue weighted by Gasteiger charge is -2.30. The summed E-state index contributed by atoms with van der Waals surface area (Å²) in [6, 6.07) is 5.66. The van der Waals surface area contributed by atoms with Crippen LogP contribution < -0.4 is 10.6 Å². The van der Waals surface area contributed by atoms with Gasteiger partial charge in [0.15, 0.2) is 5.69 Å². The van der Waals surface area contributed by atoms with Crippen molar-refractivity contribution in [2.45, 2.75) is 12.7 Å². The Bertz CT molecular complexity index is 1100. The van der Waals surface area contributed by atoms with E-state index in [1.54, 1.807) is 17.0 Å². The minimum Gasteiger partial charge on any atom is -0.378 e. The summed E-state index contributed by atoms with van der Waals surface area (Å²) in [5.74, 6) is -0.360. The smallest absolute Gasteiger partial charge is 0.378 e. The Kier molecular flexibility index (Phi) is 6.18. The highest BCUT2D eigenvalue weighted by Crippen LogP contribution is 2.37. The van der Waals surface area contributed by atoms with Crippen molar-refractivity contribution in [2.24, 2.45) is 17.6 Å². The van der Waals surface area contributed by atoms with Crippen LogP contribution in [0.5, 0.6) is 0 Å². The molecule has 3 aliphatic rings. The van der Waals surface area contributed by atoms with Crippen LogP contribution in [-0.2, 0) is 17.5 Å². The molecule has 5 rings (SSSR count). The van der Waals surface area contributed by atoms with E-state index in [0.29, 0.717) is 58.2 Å². The number of hydrogen-bond acceptors (Lipinski definition) is 6. The van der Waals surface area contributed by atoms with E-state index in [0.717, 1.165) is 4.68 Å². The van der Waals surface area contributed by atoms with Crippen LogP contribution in [0.25, 0.3) is 0 Å². The second-order valence-electron chi connectivity index (χ2n) is 9.35. The number of aromatic nitrogens is 2. The standard InChI is InChI=1S/C23H27F3N6O3/c24-23(25,26)19-9-18(30-5-7-35-8-6-30)2-1-15(19)10-29-11-16-13-31(14-17(16)12-29)22(34)32-4-3-20(28-32)21(27)33/h1-4,9,16-17H,5-8,10-14H2,(H2,27,33). The van der Waals surface area contributed by atoms with Crippen LogP contribution in [0, 0.1) is 11.8 Å². The fourth-order valence-electron chi connectivity index (χ4n) is 5.31. The summed E-state index contributed by atoms with van der Waals surface area (Å²) < 4.78 is 48.1. The number of amides is 2. The highest BCUT2D eigenvalue weighted by atomic mass is 19.4. The lowest BCUT2D eigenvalue weighted by Crippen LogP contribution is -2.37. The molecule has 0 spiro atoms. The van der Waals surface area contributed by atoms with E-state index in [9.17, 15) is 22.8 Å². The number of likely N-dealkylation sites (tertiary alicyclic amines) is 2. The highest BCUT2D eigenvalue weighted by molar-refractivity contribution is 5.91. The SMILES string of the molecule is NC(=O)c1ccn(C(=O)N2CC3CN(Cc4ccc(N5CCOCC5)cc4C(F)(F)F)CC3C2)n1. The predicted octanol–water partition coefficient (Wildman–Crippen LogP) is 1.87. The third-order valence-electron chi connectivity index (χ3n) is 7.04. The minimum atomic E-state index is -4.44. The van der Waals surface area contributed by atoms with Gasteiger partial charge in [0.05, 0.1) is 18.8 Å². The second-order valence-corrected chi connectivity index (χ2v) is 9.35. The Morgan fingerprint density at radius 1 is 1.06 bits per heavy atom. The van der Waals surface area contributed by atoms with E-state index < -0.39 is 17.6 Å². The molecule has 12 heteroatoms. The zero-order chi connectivity index (χ0) is 24.7. The van der Waals surface area contributed by atoms with Crippen molar-refractivity contribution in [2.75, 3.05) is 57.4 Å². The highest BCUT2D eigenvalue weighted by Gasteiger charge is 2.43. The van der Waals surface area contributed by atoms with E-state index in [4.69, 9.17) is 10.5 Å². The monoisotopic (exact) mass is 492 g/mol. The molecular formula is C23H27F3N6O3. The maximum Gasteiger partial charge on any atom is 0.416 e. The molecule has 0 aliphatic carbocycles. The topological polar surface area (TPSA) is 96.9 Å². The van der Waals surface area contributed by atoms with Gasteiger partial charge in [-0.05, 0) is 35.6 Å². The van der Waals surface area contributed by atoms with Crippen LogP contribution in [0.2, 0.25) is 0 Å². The molecule has 2 N–H and O–H groups in total. The third-order valence-corrected chi connectivity index (χ3v) is 7.04. The molecule has 188 valence electrons. The Balaban J connectivity index is 1.23. The number of fused-ring (bicyclic) bond motifs is 1. The average Bonchev–Trinajstić information content (AvgIpc) is 3.54. The fourth-order valence-corrected chi connectivity index (χ4v) is 5.31. The average molecular weight is 493 g/mol. The molecule has 2 unspecified atom stereocenters. The van der Waals surface area contributed by atoms with Gasteiger partial charge in [-0.3, -0.25) is 9.69 Å². The molecule has 3 aliphatic heterocycles. The first-order valence-corrected chi connectivity index (χ1v) is 11.6. The summed E-state index contributed by atoms with van der Waals surface area (Å²) in [5.41, 5.74) is 5.44. The van der Waals surface area contributed by atoms with E-state index in [2.05, 4.69) is 5.10 Å². The summed E-state index contributed by atoms with van der Waals surface area (Å²) in [4.78, 5) is 29.6. The van der Waals surface area contributed by atoms with Gasteiger partial charge in [-0.2, -0.15) is 23.0 Å². The normalized spacial score (nSPS) is 23.1. The molecule has 0 bridgehead atoms. The molecule has 1 aromatic heterocycles. The number of alkyl halides is 3. The molecule has 1 aromatic carbocycles. The zero-order valence-electron chi connectivity index (χ0n) is 19.1. The molecule has 35 heavy (non-hydrogen) atoms. The van der Waals surface area contributed by atoms with Gasteiger partial charge in [0.1, 0.15) is 0 Å². The van der Waals surface area contributed by atoms with Crippen molar-refractivity contribution in [1.29, 1.82) is 0 Å². The second kappa shape index (κ2) is 9.15. The minimum absolute atomic E-state index is 0.0176. The predicted molar refractivity (Wildman–Crippen MR) is 120 cm³/mol. The molecule has 3 saturated heterocycles. The van der Waals surface area contributed by atoms with E-state index in [1.165, 1.54) is 18.3 Å². The molecule has 2 aromatic rings. The van der Waals surface area contributed by atoms with E-state index in [1.807, 2.05) is 9.80 Å². The summed E-state index contributed by atoms with van der Waals surface area (Å²) in [7, 11) is 0. The van der Waals surface area contributed by atoms with Gasteiger partial charge in [0.25, 0.3) is 5.91 Å². The number of anilines is 1. The lowest BCUT2D eigenvalue weighted by molar-refractivity contribution is -0.138. The molecule has 3 fully saturated rings. The summed E-state index contributed by atoms with van der Waals surface area (Å²) in [6.07, 6.45) is -3.04. The van der Waals surface area contributed by atoms with Crippen molar-refractivity contribution < 1.29 is 27.5 Å². The zero-order valence-corrected chi connectivity index (χ0v) is 19.1. The van der Waals surface area contributed by atoms with Crippen molar-refractivity contribution in [3.63, 3.8) is 0 Å². The first-order valence-electron chi connectivity index (χ1n) is 11.6. The van der Waals surface area contributed by atoms with Crippen molar-refractivity contribution in [3.8, 4) is 0 Å².